The van der Waals surface area contributed by atoms with E-state index in [1.54, 1.807) is 0 Å². The Balaban J connectivity index is 1.71. The molecule has 0 aromatic heterocycles. The molecule has 1 N–H and O–H groups in total. The molecular formula is C13H22Cl2N2O. The maximum atomic E-state index is 12.0. The largest absolute Gasteiger partial charge is 0.354 e. The number of hydrogen-bond donors (Lipinski definition) is 1. The van der Waals surface area contributed by atoms with E-state index in [1.807, 2.05) is 6.92 Å². The summed E-state index contributed by atoms with van der Waals surface area (Å²) in [6.07, 6.45) is 4.40. The first-order valence-corrected chi connectivity index (χ1v) is 7.52. The van der Waals surface area contributed by atoms with E-state index in [9.17, 15) is 4.79 Å². The van der Waals surface area contributed by atoms with Crippen molar-refractivity contribution in [2.24, 2.45) is 5.41 Å². The number of carbonyl (C=O) groups excluding carboxylic acids is 1. The van der Waals surface area contributed by atoms with E-state index < -0.39 is 9.75 Å². The van der Waals surface area contributed by atoms with Gasteiger partial charge in [-0.25, -0.2) is 0 Å². The van der Waals surface area contributed by atoms with E-state index in [0.29, 0.717) is 19.0 Å². The molecule has 2 aliphatic rings. The van der Waals surface area contributed by atoms with Gasteiger partial charge in [-0.1, -0.05) is 6.42 Å². The standard InChI is InChI=1S/C13H22Cl2N2O/c1-10-5-3-4-7-17(10)8-6-16-11(18)12(2)9-13(12,14)15/h10H,3-9H2,1-2H3,(H,16,18)/t10-,12+/m0/s1. The summed E-state index contributed by atoms with van der Waals surface area (Å²) in [5.74, 6) is -0.0165. The summed E-state index contributed by atoms with van der Waals surface area (Å²) in [4.78, 5) is 14.4. The first kappa shape index (κ1) is 14.4. The zero-order chi connectivity index (χ0) is 13.4. The molecule has 2 atom stereocenters. The van der Waals surface area contributed by atoms with Crippen molar-refractivity contribution in [2.75, 3.05) is 19.6 Å². The summed E-state index contributed by atoms with van der Waals surface area (Å²) in [6.45, 7) is 6.82. The van der Waals surface area contributed by atoms with Crippen molar-refractivity contribution in [1.82, 2.24) is 10.2 Å². The molecule has 0 spiro atoms. The molecule has 104 valence electrons. The van der Waals surface area contributed by atoms with E-state index in [1.165, 1.54) is 19.3 Å². The summed E-state index contributed by atoms with van der Waals surface area (Å²) in [6, 6.07) is 0.632. The van der Waals surface area contributed by atoms with Crippen molar-refractivity contribution in [3.05, 3.63) is 0 Å². The van der Waals surface area contributed by atoms with E-state index in [-0.39, 0.29) is 5.91 Å². The van der Waals surface area contributed by atoms with Gasteiger partial charge in [-0.05, 0) is 39.7 Å². The number of piperidine rings is 1. The number of halogens is 2. The molecule has 1 aliphatic carbocycles. The summed E-state index contributed by atoms with van der Waals surface area (Å²) in [7, 11) is 0. The molecule has 3 nitrogen and oxygen atoms in total. The quantitative estimate of drug-likeness (QED) is 0.808. The SMILES string of the molecule is C[C@H]1CCCCN1CCNC(=O)[C@@]1(C)CC1(Cl)Cl. The molecule has 1 saturated heterocycles. The van der Waals surface area contributed by atoms with Crippen LogP contribution in [-0.4, -0.2) is 40.8 Å². The Hall–Kier alpha value is 0.01000. The normalized spacial score (nSPS) is 35.2. The molecular weight excluding hydrogens is 271 g/mol. The molecule has 2 rings (SSSR count). The summed E-state index contributed by atoms with van der Waals surface area (Å²) >= 11 is 12.0. The number of nitrogens with one attached hydrogen (secondary N) is 1. The molecule has 0 radical (unpaired) electrons. The zero-order valence-corrected chi connectivity index (χ0v) is 12.7. The smallest absolute Gasteiger partial charge is 0.229 e. The summed E-state index contributed by atoms with van der Waals surface area (Å²) < 4.78 is -0.866. The van der Waals surface area contributed by atoms with Gasteiger partial charge < -0.3 is 5.32 Å². The molecule has 0 aromatic carbocycles. The fraction of sp³-hybridized carbons (Fsp3) is 0.923. The van der Waals surface area contributed by atoms with Gasteiger partial charge in [0.15, 0.2) is 0 Å². The Kier molecular flexibility index (Phi) is 4.15. The number of nitrogens with zero attached hydrogens (tertiary/aromatic N) is 1. The minimum atomic E-state index is -0.866. The molecule has 0 aromatic rings. The second-order valence-corrected chi connectivity index (χ2v) is 7.33. The van der Waals surface area contributed by atoms with Gasteiger partial charge in [-0.2, -0.15) is 0 Å². The van der Waals surface area contributed by atoms with E-state index >= 15 is 0 Å². The minimum absolute atomic E-state index is 0.0165. The third-order valence-corrected chi connectivity index (χ3v) is 5.49. The number of likely N-dealkylation sites (tertiary alicyclic amines) is 1. The average Bonchev–Trinajstić information content (AvgIpc) is 2.82. The maximum Gasteiger partial charge on any atom is 0.229 e. The van der Waals surface area contributed by atoms with Crippen LogP contribution in [0.3, 0.4) is 0 Å². The van der Waals surface area contributed by atoms with Gasteiger partial charge in [0.2, 0.25) is 5.91 Å². The van der Waals surface area contributed by atoms with Crippen molar-refractivity contribution in [3.63, 3.8) is 0 Å². The highest BCUT2D eigenvalue weighted by molar-refractivity contribution is 6.53. The molecule has 5 heteroatoms. The van der Waals surface area contributed by atoms with Crippen molar-refractivity contribution in [3.8, 4) is 0 Å². The Bertz CT molecular complexity index is 335. The van der Waals surface area contributed by atoms with Crippen LogP contribution >= 0.6 is 23.2 Å². The van der Waals surface area contributed by atoms with Gasteiger partial charge in [0.05, 0.1) is 5.41 Å². The molecule has 18 heavy (non-hydrogen) atoms. The van der Waals surface area contributed by atoms with Gasteiger partial charge in [0.1, 0.15) is 4.33 Å². The fourth-order valence-electron chi connectivity index (χ4n) is 2.64. The second kappa shape index (κ2) is 5.18. The van der Waals surface area contributed by atoms with E-state index in [4.69, 9.17) is 23.2 Å². The minimum Gasteiger partial charge on any atom is -0.354 e. The van der Waals surface area contributed by atoms with Crippen molar-refractivity contribution in [1.29, 1.82) is 0 Å². The first-order chi connectivity index (χ1) is 8.37. The maximum absolute atomic E-state index is 12.0. The van der Waals surface area contributed by atoms with Crippen molar-refractivity contribution in [2.45, 2.75) is 49.9 Å². The van der Waals surface area contributed by atoms with Gasteiger partial charge in [-0.3, -0.25) is 9.69 Å². The van der Waals surface area contributed by atoms with Gasteiger partial charge in [0.25, 0.3) is 0 Å². The Morgan fingerprint density at radius 3 is 2.67 bits per heavy atom. The number of hydrogen-bond acceptors (Lipinski definition) is 2. The molecule has 0 bridgehead atoms. The van der Waals surface area contributed by atoms with Crippen LogP contribution in [0.5, 0.6) is 0 Å². The molecule has 1 saturated carbocycles. The average molecular weight is 293 g/mol. The molecule has 1 amide bonds. The van der Waals surface area contributed by atoms with E-state index in [0.717, 1.165) is 13.1 Å². The number of alkyl halides is 2. The van der Waals surface area contributed by atoms with Crippen LogP contribution in [0.2, 0.25) is 0 Å². The van der Waals surface area contributed by atoms with Crippen molar-refractivity contribution >= 4 is 29.1 Å². The van der Waals surface area contributed by atoms with Crippen LogP contribution in [0.4, 0.5) is 0 Å². The van der Waals surface area contributed by atoms with Crippen LogP contribution in [0, 0.1) is 5.41 Å². The Morgan fingerprint density at radius 2 is 2.11 bits per heavy atom. The van der Waals surface area contributed by atoms with Gasteiger partial charge in [-0.15, -0.1) is 23.2 Å². The van der Waals surface area contributed by atoms with Crippen LogP contribution in [0.25, 0.3) is 0 Å². The van der Waals surface area contributed by atoms with E-state index in [2.05, 4.69) is 17.1 Å². The number of rotatable bonds is 4. The predicted molar refractivity (Wildman–Crippen MR) is 75.1 cm³/mol. The molecule has 1 aliphatic heterocycles. The lowest BCUT2D eigenvalue weighted by Gasteiger charge is -2.33. The number of carbonyl (C=O) groups is 1. The highest BCUT2D eigenvalue weighted by Gasteiger charge is 2.67. The predicted octanol–water partition coefficient (Wildman–Crippen LogP) is 2.56. The topological polar surface area (TPSA) is 32.3 Å². The highest BCUT2D eigenvalue weighted by atomic mass is 35.5. The lowest BCUT2D eigenvalue weighted by molar-refractivity contribution is -0.125. The van der Waals surface area contributed by atoms with Crippen LogP contribution in [0.1, 0.15) is 39.5 Å². The lowest BCUT2D eigenvalue weighted by atomic mass is 10.0. The third kappa shape index (κ3) is 2.78. The van der Waals surface area contributed by atoms with Crippen LogP contribution in [0.15, 0.2) is 0 Å². The van der Waals surface area contributed by atoms with Crippen LogP contribution in [-0.2, 0) is 4.79 Å². The molecule has 0 unspecified atom stereocenters. The molecule has 1 heterocycles. The van der Waals surface area contributed by atoms with Gasteiger partial charge >= 0.3 is 0 Å². The lowest BCUT2D eigenvalue weighted by Crippen LogP contribution is -2.44. The monoisotopic (exact) mass is 292 g/mol. The second-order valence-electron chi connectivity index (χ2n) is 5.85. The molecule has 2 fully saturated rings. The zero-order valence-electron chi connectivity index (χ0n) is 11.1. The Labute approximate surface area is 119 Å². The Morgan fingerprint density at radius 1 is 1.44 bits per heavy atom. The third-order valence-electron chi connectivity index (χ3n) is 4.38. The first-order valence-electron chi connectivity index (χ1n) is 6.77. The number of amides is 1. The van der Waals surface area contributed by atoms with Crippen LogP contribution < -0.4 is 5.32 Å². The summed E-state index contributed by atoms with van der Waals surface area (Å²) in [5, 5.41) is 2.96. The fourth-order valence-corrected chi connectivity index (χ4v) is 3.35. The summed E-state index contributed by atoms with van der Waals surface area (Å²) in [5.41, 5.74) is -0.594. The highest BCUT2D eigenvalue weighted by Crippen LogP contribution is 2.63. The van der Waals surface area contributed by atoms with Gasteiger partial charge in [0, 0.05) is 19.1 Å². The van der Waals surface area contributed by atoms with Crippen molar-refractivity contribution < 1.29 is 4.79 Å².